The number of methoxy groups -OCH3 is 5. The number of carbonyl (C=O) groups is 3. The summed E-state index contributed by atoms with van der Waals surface area (Å²) in [6.07, 6.45) is 8.23. The van der Waals surface area contributed by atoms with Gasteiger partial charge in [-0.2, -0.15) is 20.5 Å². The lowest BCUT2D eigenvalue weighted by molar-refractivity contribution is 0.00328. The highest BCUT2D eigenvalue weighted by molar-refractivity contribution is 5.88. The second-order valence-corrected chi connectivity index (χ2v) is 27.7. The first-order valence-electron chi connectivity index (χ1n) is 43.2. The maximum atomic E-state index is 12.6. The fourth-order valence-corrected chi connectivity index (χ4v) is 11.3. The molecule has 0 aliphatic carbocycles. The van der Waals surface area contributed by atoms with Gasteiger partial charge in [-0.1, -0.05) is 6.92 Å². The Bertz CT molecular complexity index is 4270. The highest BCUT2D eigenvalue weighted by atomic mass is 16.6. The summed E-state index contributed by atoms with van der Waals surface area (Å²) in [4.78, 5) is 97.8. The van der Waals surface area contributed by atoms with Crippen molar-refractivity contribution in [2.45, 2.75) is 91.4 Å². The maximum absolute atomic E-state index is 12.6. The van der Waals surface area contributed by atoms with Crippen molar-refractivity contribution in [1.29, 1.82) is 0 Å². The summed E-state index contributed by atoms with van der Waals surface area (Å²) >= 11 is 0. The van der Waals surface area contributed by atoms with Crippen LogP contribution in [0.5, 0.6) is 11.5 Å². The van der Waals surface area contributed by atoms with Crippen LogP contribution in [0.4, 0.5) is 66.4 Å². The Morgan fingerprint density at radius 2 is 0.622 bits per heavy atom. The summed E-state index contributed by atoms with van der Waals surface area (Å²) in [5, 5.41) is 33.3. The fourth-order valence-electron chi connectivity index (χ4n) is 11.3. The van der Waals surface area contributed by atoms with E-state index in [1.165, 1.54) is 18.2 Å². The number of nitrogens with one attached hydrogen (secondary N) is 9. The summed E-state index contributed by atoms with van der Waals surface area (Å²) in [6.45, 7) is 22.8. The minimum Gasteiger partial charge on any atom is -0.497 e. The third-order valence-corrected chi connectivity index (χ3v) is 17.8. The third-order valence-electron chi connectivity index (χ3n) is 17.8. The van der Waals surface area contributed by atoms with Crippen molar-refractivity contribution in [2.24, 2.45) is 20.5 Å². The predicted octanol–water partition coefficient (Wildman–Crippen LogP) is 11.4. The molecule has 7 rings (SSSR count). The van der Waals surface area contributed by atoms with Crippen molar-refractivity contribution >= 4 is 70.1 Å². The Kier molecular flexibility index (Phi) is 59.1. The molecule has 0 saturated carbocycles. The molecule has 0 bridgehead atoms. The topological polar surface area (TPSA) is 455 Å². The second kappa shape index (κ2) is 70.3. The van der Waals surface area contributed by atoms with Crippen LogP contribution in [-0.4, -0.2) is 281 Å². The molecule has 0 aliphatic rings. The van der Waals surface area contributed by atoms with E-state index in [1.807, 2.05) is 111 Å². The fraction of sp³-hybridized carbons (Fsp3) is 0.557. The van der Waals surface area contributed by atoms with E-state index in [4.69, 9.17) is 71.1 Å². The first-order valence-corrected chi connectivity index (χ1v) is 43.2. The van der Waals surface area contributed by atoms with Gasteiger partial charge in [0.2, 0.25) is 17.8 Å². The Morgan fingerprint density at radius 3 is 0.945 bits per heavy atom. The molecule has 0 saturated heterocycles. The summed E-state index contributed by atoms with van der Waals surface area (Å²) in [6, 6.07) is 33.4. The van der Waals surface area contributed by atoms with Crippen LogP contribution in [0.15, 0.2) is 150 Å². The first-order chi connectivity index (χ1) is 62.1. The number of nitrogens with zero attached hydrogens (tertiary/aromatic N) is 9. The Morgan fingerprint density at radius 1 is 0.331 bits per heavy atom. The largest absolute Gasteiger partial charge is 0.497 e. The van der Waals surface area contributed by atoms with Crippen LogP contribution in [0.1, 0.15) is 89.2 Å². The van der Waals surface area contributed by atoms with Crippen molar-refractivity contribution in [1.82, 2.24) is 45.9 Å². The lowest BCUT2D eigenvalue weighted by atomic mass is 10.2. The van der Waals surface area contributed by atoms with Gasteiger partial charge < -0.3 is 96.8 Å². The van der Waals surface area contributed by atoms with E-state index in [0.29, 0.717) is 214 Å². The van der Waals surface area contributed by atoms with Gasteiger partial charge in [0.05, 0.1) is 155 Å². The molecule has 702 valence electrons. The molecule has 0 fully saturated rings. The number of aryl methyl sites for hydroxylation is 3. The summed E-state index contributed by atoms with van der Waals surface area (Å²) in [7, 11) is 8.16. The smallest absolute Gasteiger partial charge is 0.321 e. The number of rotatable bonds is 67. The molecule has 6 amide bonds. The standard InChI is InChI=1S/C35H51N7O8.C34H49N7O7.C19H34N4O6/c1-4-42(31-12-8-28(9-13-31)40-41-29-10-14-32(15-11-29)50-26-20-46-3)17-16-36-35(44)39-34-37-30(27-33(43)38-34)7-5-6-18-47-22-23-49-25-24-48-21-19-45-2;1-4-41(30-13-9-27(10-14-30)39-40-28-11-15-31(45-3)16-12-28)18-7-17-35-34(43)38-33-36-29(26-32(42)37-33)8-5-6-19-46-22-23-48-25-24-47-21-20-44-2;1-3-7-20-19(25)23-18-21-16(15-17(24)22-18)6-4-5-8-27-11-12-29-14-13-28-10-9-26-2/h8-15,27H,4-7,16-26H2,1-3H3,(H3,36,37,38,39,43,44);9-16,26H,4-8,17-25H2,1-3H3,(H3,35,36,37,38,42,43);15H,3-14H2,1-2H3,(H3,20,21,22,23,24,25). The molecule has 39 heteroatoms. The van der Waals surface area contributed by atoms with Gasteiger partial charge in [0, 0.05) is 141 Å². The van der Waals surface area contributed by atoms with Gasteiger partial charge >= 0.3 is 18.1 Å². The van der Waals surface area contributed by atoms with Gasteiger partial charge in [0.1, 0.15) is 18.1 Å². The zero-order valence-electron chi connectivity index (χ0n) is 75.1. The van der Waals surface area contributed by atoms with Crippen molar-refractivity contribution < 1.29 is 85.4 Å². The Labute approximate surface area is 743 Å². The molecular formula is C88H134N18O21. The van der Waals surface area contributed by atoms with E-state index in [0.717, 1.165) is 117 Å². The summed E-state index contributed by atoms with van der Waals surface area (Å²) in [5.74, 6) is 1.90. The predicted molar refractivity (Wildman–Crippen MR) is 486 cm³/mol. The van der Waals surface area contributed by atoms with E-state index >= 15 is 0 Å². The quantitative estimate of drug-likeness (QED) is 0.0126. The van der Waals surface area contributed by atoms with Gasteiger partial charge in [0.25, 0.3) is 16.7 Å². The molecule has 0 unspecified atom stereocenters. The molecule has 0 atom stereocenters. The third kappa shape index (κ3) is 52.2. The number of benzene rings is 4. The minimum atomic E-state index is -0.455. The van der Waals surface area contributed by atoms with Crippen molar-refractivity contribution in [3.05, 3.63) is 163 Å². The highest BCUT2D eigenvalue weighted by Crippen LogP contribution is 2.26. The van der Waals surface area contributed by atoms with E-state index in [2.05, 4.69) is 99.0 Å². The second-order valence-electron chi connectivity index (χ2n) is 27.7. The number of aromatic amines is 3. The molecule has 39 nitrogen and oxygen atoms in total. The van der Waals surface area contributed by atoms with Crippen molar-refractivity contribution in [2.75, 3.05) is 259 Å². The van der Waals surface area contributed by atoms with Gasteiger partial charge in [-0.3, -0.25) is 45.3 Å². The van der Waals surface area contributed by atoms with Crippen LogP contribution >= 0.6 is 0 Å². The number of aromatic nitrogens is 6. The molecule has 3 heterocycles. The molecular weight excluding hydrogens is 1650 g/mol. The average Bonchev–Trinajstić information content (AvgIpc) is 0.879. The van der Waals surface area contributed by atoms with Crippen molar-refractivity contribution in [3.8, 4) is 11.5 Å². The number of hydrogen-bond acceptors (Lipinski definition) is 30. The summed E-state index contributed by atoms with van der Waals surface area (Å²) < 4.78 is 79.4. The number of amides is 6. The lowest BCUT2D eigenvalue weighted by Crippen LogP contribution is -2.37. The zero-order valence-corrected chi connectivity index (χ0v) is 75.1. The van der Waals surface area contributed by atoms with Crippen LogP contribution in [0.2, 0.25) is 0 Å². The number of urea groups is 3. The van der Waals surface area contributed by atoms with Crippen LogP contribution < -0.4 is 67.9 Å². The molecule has 0 aliphatic heterocycles. The number of carbonyl (C=O) groups excluding carboxylic acids is 3. The van der Waals surface area contributed by atoms with E-state index in [-0.39, 0.29) is 40.6 Å². The monoisotopic (exact) mass is 1780 g/mol. The van der Waals surface area contributed by atoms with Crippen LogP contribution in [-0.2, 0) is 80.8 Å². The molecule has 9 N–H and O–H groups in total. The molecule has 4 aromatic carbocycles. The van der Waals surface area contributed by atoms with Gasteiger partial charge in [-0.25, -0.2) is 29.3 Å². The molecule has 0 radical (unpaired) electrons. The van der Waals surface area contributed by atoms with Gasteiger partial charge in [-0.15, -0.1) is 0 Å². The number of anilines is 5. The first kappa shape index (κ1) is 107. The molecule has 3 aromatic heterocycles. The number of unbranched alkanes of at least 4 members (excludes halogenated alkanes) is 3. The highest BCUT2D eigenvalue weighted by Gasteiger charge is 2.14. The van der Waals surface area contributed by atoms with E-state index < -0.39 is 12.1 Å². The lowest BCUT2D eigenvalue weighted by Gasteiger charge is -2.23. The molecule has 127 heavy (non-hydrogen) atoms. The number of ether oxygens (including phenoxy) is 15. The van der Waals surface area contributed by atoms with E-state index in [1.54, 1.807) is 35.5 Å². The number of hydrogen-bond donors (Lipinski definition) is 9. The maximum Gasteiger partial charge on any atom is 0.321 e. The van der Waals surface area contributed by atoms with E-state index in [9.17, 15) is 28.8 Å². The number of likely N-dealkylation sites (N-methyl/N-ethyl adjacent to an activating group) is 1. The van der Waals surface area contributed by atoms with Gasteiger partial charge in [-0.05, 0) is 182 Å². The Balaban J connectivity index is 0.000000350. The number of azo groups is 2. The average molecular weight is 1780 g/mol. The SMILES string of the molecule is CCCNC(=O)Nc1nc(CCCCOCCOCCOCCOC)cc(=O)[nH]1.CCN(CCCNC(=O)Nc1nc(CCCCOCCOCCOCCOC)cc(=O)[nH]1)c1ccc(N=Nc2ccc(OC)cc2)cc1.CCN(CCNC(=O)Nc1nc(CCCCOCCOCCOCCOC)cc(=O)[nH]1)c1ccc(N=Nc2ccc(OCCOC)cc2)cc1. The van der Waals surface area contributed by atoms with Gasteiger partial charge in [0.15, 0.2) is 0 Å². The minimum absolute atomic E-state index is 0.105. The van der Waals surface area contributed by atoms with Crippen molar-refractivity contribution in [3.63, 3.8) is 0 Å². The van der Waals surface area contributed by atoms with Crippen LogP contribution in [0.25, 0.3) is 0 Å². The van der Waals surface area contributed by atoms with Crippen LogP contribution in [0, 0.1) is 0 Å². The molecule has 7 aromatic rings. The number of H-pyrrole nitrogens is 3. The molecule has 0 spiro atoms. The van der Waals surface area contributed by atoms with Crippen LogP contribution in [0.3, 0.4) is 0 Å². The summed E-state index contributed by atoms with van der Waals surface area (Å²) in [5.41, 5.74) is 5.88. The normalized spacial score (nSPS) is 11.1. The Hall–Kier alpha value is -10.8. The zero-order chi connectivity index (χ0) is 91.0.